The number of hydrogen-bond donors (Lipinski definition) is 1. The predicted octanol–water partition coefficient (Wildman–Crippen LogP) is 5.59. The normalized spacial score (nSPS) is 12.4. The fraction of sp³-hybridized carbons (Fsp3) is 0.286. The first-order valence-corrected chi connectivity index (χ1v) is 8.35. The van der Waals surface area contributed by atoms with Gasteiger partial charge in [0.25, 0.3) is 0 Å². The number of benzene rings is 1. The Bertz CT molecular complexity index is 556. The quantitative estimate of drug-likeness (QED) is 0.700. The number of methoxy groups -OCH3 is 1. The lowest BCUT2D eigenvalue weighted by Gasteiger charge is -2.18. The monoisotopic (exact) mass is 403 g/mol. The Balaban J connectivity index is 2.21. The molecular formula is C14H15Br2NOS. The highest BCUT2D eigenvalue weighted by Gasteiger charge is 2.12. The van der Waals surface area contributed by atoms with E-state index in [9.17, 15) is 0 Å². The molecule has 0 amide bonds. The van der Waals surface area contributed by atoms with Gasteiger partial charge in [-0.3, -0.25) is 0 Å². The van der Waals surface area contributed by atoms with Crippen molar-refractivity contribution in [2.45, 2.75) is 19.6 Å². The summed E-state index contributed by atoms with van der Waals surface area (Å²) in [4.78, 5) is 1.30. The van der Waals surface area contributed by atoms with Crippen molar-refractivity contribution < 1.29 is 4.74 Å². The largest absolute Gasteiger partial charge is 0.380 e. The van der Waals surface area contributed by atoms with Gasteiger partial charge in [0.2, 0.25) is 0 Å². The summed E-state index contributed by atoms with van der Waals surface area (Å²) in [5.41, 5.74) is 2.25. The van der Waals surface area contributed by atoms with Crippen molar-refractivity contribution in [2.75, 3.05) is 12.4 Å². The van der Waals surface area contributed by atoms with Gasteiger partial charge < -0.3 is 10.1 Å². The maximum atomic E-state index is 5.27. The lowest BCUT2D eigenvalue weighted by atomic mass is 10.1. The molecule has 0 aliphatic carbocycles. The summed E-state index contributed by atoms with van der Waals surface area (Å²) < 4.78 is 7.47. The summed E-state index contributed by atoms with van der Waals surface area (Å²) >= 11 is 8.81. The number of ether oxygens (including phenoxy) is 1. The topological polar surface area (TPSA) is 21.3 Å². The summed E-state index contributed by atoms with van der Waals surface area (Å²) in [6.45, 7) is 2.75. The van der Waals surface area contributed by atoms with Gasteiger partial charge in [0.15, 0.2) is 0 Å². The smallest absolute Gasteiger partial charge is 0.0744 e. The van der Waals surface area contributed by atoms with Crippen molar-refractivity contribution in [1.29, 1.82) is 0 Å². The molecule has 1 atom stereocenters. The van der Waals surface area contributed by atoms with Gasteiger partial charge in [-0.05, 0) is 41.1 Å². The van der Waals surface area contributed by atoms with Gasteiger partial charge in [-0.25, -0.2) is 0 Å². The number of rotatable bonds is 5. The third-order valence-electron chi connectivity index (χ3n) is 2.79. The van der Waals surface area contributed by atoms with E-state index in [0.717, 1.165) is 20.2 Å². The van der Waals surface area contributed by atoms with Crippen LogP contribution in [-0.4, -0.2) is 7.11 Å². The maximum absolute atomic E-state index is 5.27. The highest BCUT2D eigenvalue weighted by molar-refractivity contribution is 9.10. The predicted molar refractivity (Wildman–Crippen MR) is 88.9 cm³/mol. The van der Waals surface area contributed by atoms with E-state index in [-0.39, 0.29) is 6.04 Å². The van der Waals surface area contributed by atoms with Crippen LogP contribution in [0.3, 0.4) is 0 Å². The molecule has 0 saturated carbocycles. The zero-order valence-electron chi connectivity index (χ0n) is 10.7. The lowest BCUT2D eigenvalue weighted by Crippen LogP contribution is -2.07. The molecule has 1 unspecified atom stereocenters. The van der Waals surface area contributed by atoms with Crippen molar-refractivity contribution in [2.24, 2.45) is 0 Å². The Morgan fingerprint density at radius 1 is 1.37 bits per heavy atom. The Hall–Kier alpha value is -0.360. The molecule has 2 aromatic rings. The average molecular weight is 405 g/mol. The van der Waals surface area contributed by atoms with Crippen molar-refractivity contribution in [3.8, 4) is 0 Å². The summed E-state index contributed by atoms with van der Waals surface area (Å²) in [6.07, 6.45) is 0. The van der Waals surface area contributed by atoms with Crippen LogP contribution in [-0.2, 0) is 11.3 Å². The van der Waals surface area contributed by atoms with Crippen molar-refractivity contribution in [1.82, 2.24) is 0 Å². The van der Waals surface area contributed by atoms with Gasteiger partial charge in [0.05, 0.1) is 12.6 Å². The molecule has 0 bridgehead atoms. The second-order valence-corrected chi connectivity index (χ2v) is 6.95. The molecule has 0 saturated heterocycles. The zero-order valence-corrected chi connectivity index (χ0v) is 14.7. The minimum atomic E-state index is 0.265. The molecule has 2 nitrogen and oxygen atoms in total. The molecule has 0 radical (unpaired) electrons. The number of halogens is 2. The standard InChI is InChI=1S/C14H15Br2NOS/c1-9(14-6-10(15)8-19-14)17-13-5-3-4-12(16)11(13)7-18-2/h3-6,8-9,17H,7H2,1-2H3. The van der Waals surface area contributed by atoms with E-state index < -0.39 is 0 Å². The van der Waals surface area contributed by atoms with E-state index in [0.29, 0.717) is 6.61 Å². The molecule has 0 aliphatic rings. The van der Waals surface area contributed by atoms with Crippen LogP contribution in [0.4, 0.5) is 5.69 Å². The number of anilines is 1. The van der Waals surface area contributed by atoms with Crippen molar-refractivity contribution in [3.63, 3.8) is 0 Å². The third kappa shape index (κ3) is 3.81. The number of hydrogen-bond acceptors (Lipinski definition) is 3. The Labute approximate surface area is 134 Å². The second kappa shape index (κ2) is 6.88. The van der Waals surface area contributed by atoms with Crippen LogP contribution in [0.5, 0.6) is 0 Å². The fourth-order valence-electron chi connectivity index (χ4n) is 1.84. The molecule has 0 aliphatic heterocycles. The Kier molecular flexibility index (Phi) is 5.45. The second-order valence-electron chi connectivity index (χ2n) is 4.23. The molecule has 1 heterocycles. The van der Waals surface area contributed by atoms with Gasteiger partial charge in [-0.1, -0.05) is 22.0 Å². The van der Waals surface area contributed by atoms with Crippen LogP contribution < -0.4 is 5.32 Å². The number of thiophene rings is 1. The molecule has 102 valence electrons. The van der Waals surface area contributed by atoms with E-state index >= 15 is 0 Å². The molecule has 19 heavy (non-hydrogen) atoms. The third-order valence-corrected chi connectivity index (χ3v) is 5.41. The first kappa shape index (κ1) is 15.0. The molecular weight excluding hydrogens is 390 g/mol. The highest BCUT2D eigenvalue weighted by Crippen LogP contribution is 2.31. The van der Waals surface area contributed by atoms with Crippen LogP contribution >= 0.6 is 43.2 Å². The van der Waals surface area contributed by atoms with E-state index in [1.54, 1.807) is 18.4 Å². The number of nitrogens with one attached hydrogen (secondary N) is 1. The fourth-order valence-corrected chi connectivity index (χ4v) is 3.78. The van der Waals surface area contributed by atoms with Crippen molar-refractivity contribution in [3.05, 3.63) is 49.0 Å². The van der Waals surface area contributed by atoms with E-state index in [2.05, 4.69) is 61.6 Å². The molecule has 0 spiro atoms. The van der Waals surface area contributed by atoms with Crippen LogP contribution in [0.2, 0.25) is 0 Å². The molecule has 1 aromatic carbocycles. The Morgan fingerprint density at radius 2 is 2.16 bits per heavy atom. The summed E-state index contributed by atoms with van der Waals surface area (Å²) in [5, 5.41) is 5.65. The average Bonchev–Trinajstić information content (AvgIpc) is 2.80. The minimum absolute atomic E-state index is 0.265. The van der Waals surface area contributed by atoms with Crippen molar-refractivity contribution >= 4 is 48.9 Å². The molecule has 0 fully saturated rings. The van der Waals surface area contributed by atoms with Crippen LogP contribution in [0, 0.1) is 0 Å². The Morgan fingerprint density at radius 3 is 2.79 bits per heavy atom. The van der Waals surface area contributed by atoms with Gasteiger partial charge in [-0.2, -0.15) is 0 Å². The van der Waals surface area contributed by atoms with Gasteiger partial charge in [0.1, 0.15) is 0 Å². The van der Waals surface area contributed by atoms with E-state index in [4.69, 9.17) is 4.74 Å². The molecule has 5 heteroatoms. The van der Waals surface area contributed by atoms with Crippen LogP contribution in [0.15, 0.2) is 38.6 Å². The highest BCUT2D eigenvalue weighted by atomic mass is 79.9. The first-order valence-electron chi connectivity index (χ1n) is 5.88. The summed E-state index contributed by atoms with van der Waals surface area (Å²) in [7, 11) is 1.71. The lowest BCUT2D eigenvalue weighted by molar-refractivity contribution is 0.185. The van der Waals surface area contributed by atoms with E-state index in [1.165, 1.54) is 4.88 Å². The zero-order chi connectivity index (χ0) is 13.8. The molecule has 1 aromatic heterocycles. The van der Waals surface area contributed by atoms with Gasteiger partial charge in [0, 0.05) is 37.6 Å². The van der Waals surface area contributed by atoms with Gasteiger partial charge in [-0.15, -0.1) is 11.3 Å². The summed E-state index contributed by atoms with van der Waals surface area (Å²) in [6, 6.07) is 8.56. The van der Waals surface area contributed by atoms with Crippen LogP contribution in [0.25, 0.3) is 0 Å². The maximum Gasteiger partial charge on any atom is 0.0744 e. The molecule has 2 rings (SSSR count). The van der Waals surface area contributed by atoms with Gasteiger partial charge >= 0.3 is 0 Å². The van der Waals surface area contributed by atoms with E-state index in [1.807, 2.05) is 12.1 Å². The SMILES string of the molecule is COCc1c(Br)cccc1NC(C)c1cc(Br)cs1. The first-order chi connectivity index (χ1) is 9.11. The summed E-state index contributed by atoms with van der Waals surface area (Å²) in [5.74, 6) is 0. The molecule has 1 N–H and O–H groups in total. The van der Waals surface area contributed by atoms with Crippen LogP contribution in [0.1, 0.15) is 23.4 Å². The minimum Gasteiger partial charge on any atom is -0.380 e.